The van der Waals surface area contributed by atoms with Crippen molar-refractivity contribution in [2.45, 2.75) is 57.5 Å². The van der Waals surface area contributed by atoms with Gasteiger partial charge in [-0.2, -0.15) is 0 Å². The van der Waals surface area contributed by atoms with Crippen LogP contribution in [0.1, 0.15) is 51.0 Å². The predicted octanol–water partition coefficient (Wildman–Crippen LogP) is 3.59. The second kappa shape index (κ2) is 8.16. The molecule has 4 atom stereocenters. The molecule has 0 aliphatic carbocycles. The lowest BCUT2D eigenvalue weighted by atomic mass is 9.84. The fourth-order valence-electron chi connectivity index (χ4n) is 3.95. The summed E-state index contributed by atoms with van der Waals surface area (Å²) in [5, 5.41) is 3.67. The molecule has 1 aromatic rings. The SMILES string of the molecule is CCC(C)C(C(=O)N1CCC2CCC(C1)N2)c1ccccc1.Cl. The van der Waals surface area contributed by atoms with Crippen molar-refractivity contribution >= 4 is 18.3 Å². The van der Waals surface area contributed by atoms with Gasteiger partial charge in [0.05, 0.1) is 5.92 Å². The van der Waals surface area contributed by atoms with E-state index in [9.17, 15) is 4.79 Å². The van der Waals surface area contributed by atoms with E-state index in [0.717, 1.165) is 25.9 Å². The first kappa shape index (κ1) is 18.3. The van der Waals surface area contributed by atoms with E-state index in [1.165, 1.54) is 18.4 Å². The number of hydrogen-bond donors (Lipinski definition) is 1. The number of nitrogens with zero attached hydrogens (tertiary/aromatic N) is 1. The third-order valence-electron chi connectivity index (χ3n) is 5.47. The van der Waals surface area contributed by atoms with Gasteiger partial charge in [0.1, 0.15) is 0 Å². The number of carbonyl (C=O) groups is 1. The largest absolute Gasteiger partial charge is 0.341 e. The Balaban J connectivity index is 0.00000192. The summed E-state index contributed by atoms with van der Waals surface area (Å²) in [6.07, 6.45) is 4.63. The van der Waals surface area contributed by atoms with E-state index >= 15 is 0 Å². The minimum atomic E-state index is 0. The van der Waals surface area contributed by atoms with Crippen molar-refractivity contribution < 1.29 is 4.79 Å². The molecule has 4 heteroatoms. The molecule has 2 saturated heterocycles. The van der Waals surface area contributed by atoms with Crippen molar-refractivity contribution in [1.29, 1.82) is 0 Å². The zero-order valence-electron chi connectivity index (χ0n) is 14.2. The van der Waals surface area contributed by atoms with Gasteiger partial charge in [0, 0.05) is 25.2 Å². The van der Waals surface area contributed by atoms with Crippen LogP contribution in [-0.2, 0) is 4.79 Å². The lowest BCUT2D eigenvalue weighted by Gasteiger charge is -2.31. The average molecular weight is 337 g/mol. The molecule has 2 fully saturated rings. The zero-order chi connectivity index (χ0) is 15.5. The smallest absolute Gasteiger partial charge is 0.230 e. The first-order chi connectivity index (χ1) is 10.7. The highest BCUT2D eigenvalue weighted by Gasteiger charge is 2.35. The van der Waals surface area contributed by atoms with Crippen LogP contribution < -0.4 is 5.32 Å². The molecule has 0 aromatic heterocycles. The molecule has 2 bridgehead atoms. The first-order valence-electron chi connectivity index (χ1n) is 8.78. The van der Waals surface area contributed by atoms with Crippen LogP contribution in [0, 0.1) is 5.92 Å². The number of amides is 1. The Morgan fingerprint density at radius 1 is 1.22 bits per heavy atom. The molecule has 0 spiro atoms. The molecular formula is C19H29ClN2O. The van der Waals surface area contributed by atoms with Gasteiger partial charge in [0.25, 0.3) is 0 Å². The summed E-state index contributed by atoms with van der Waals surface area (Å²) in [6.45, 7) is 6.18. The van der Waals surface area contributed by atoms with Gasteiger partial charge in [-0.15, -0.1) is 12.4 Å². The lowest BCUT2D eigenvalue weighted by Crippen LogP contribution is -2.42. The van der Waals surface area contributed by atoms with E-state index in [1.54, 1.807) is 0 Å². The Kier molecular flexibility index (Phi) is 6.49. The Bertz CT molecular complexity index is 507. The molecule has 1 aromatic carbocycles. The Morgan fingerprint density at radius 2 is 1.91 bits per heavy atom. The quantitative estimate of drug-likeness (QED) is 0.911. The van der Waals surface area contributed by atoms with Crippen LogP contribution in [0.2, 0.25) is 0 Å². The maximum absolute atomic E-state index is 13.2. The standard InChI is InChI=1S/C19H28N2O.ClH/c1-3-14(2)18(15-7-5-4-6-8-15)19(22)21-12-11-16-9-10-17(13-21)20-16;/h4-8,14,16-18,20H,3,9-13H2,1-2H3;1H. The molecule has 3 rings (SSSR count). The monoisotopic (exact) mass is 336 g/mol. The third-order valence-corrected chi connectivity index (χ3v) is 5.47. The van der Waals surface area contributed by atoms with Crippen molar-refractivity contribution in [3.05, 3.63) is 35.9 Å². The van der Waals surface area contributed by atoms with Crippen molar-refractivity contribution in [3.63, 3.8) is 0 Å². The topological polar surface area (TPSA) is 32.3 Å². The molecule has 4 unspecified atom stereocenters. The molecule has 128 valence electrons. The minimum absolute atomic E-state index is 0. The molecule has 3 nitrogen and oxygen atoms in total. The number of carbonyl (C=O) groups excluding carboxylic acids is 1. The number of fused-ring (bicyclic) bond motifs is 2. The summed E-state index contributed by atoms with van der Waals surface area (Å²) in [5.41, 5.74) is 1.17. The van der Waals surface area contributed by atoms with Gasteiger partial charge in [0.2, 0.25) is 5.91 Å². The van der Waals surface area contributed by atoms with E-state index in [1.807, 2.05) is 18.2 Å². The van der Waals surface area contributed by atoms with E-state index in [4.69, 9.17) is 0 Å². The summed E-state index contributed by atoms with van der Waals surface area (Å²) < 4.78 is 0. The van der Waals surface area contributed by atoms with Gasteiger partial charge in [-0.1, -0.05) is 50.6 Å². The lowest BCUT2D eigenvalue weighted by molar-refractivity contribution is -0.134. The summed E-state index contributed by atoms with van der Waals surface area (Å²) in [7, 11) is 0. The van der Waals surface area contributed by atoms with Crippen molar-refractivity contribution in [2.24, 2.45) is 5.92 Å². The number of likely N-dealkylation sites (tertiary alicyclic amines) is 1. The highest BCUT2D eigenvalue weighted by atomic mass is 35.5. The molecule has 0 saturated carbocycles. The normalized spacial score (nSPS) is 26.1. The zero-order valence-corrected chi connectivity index (χ0v) is 15.0. The molecule has 23 heavy (non-hydrogen) atoms. The highest BCUT2D eigenvalue weighted by molar-refractivity contribution is 5.85. The van der Waals surface area contributed by atoms with Crippen LogP contribution in [0.4, 0.5) is 0 Å². The van der Waals surface area contributed by atoms with E-state index in [2.05, 4.69) is 36.2 Å². The maximum atomic E-state index is 13.2. The van der Waals surface area contributed by atoms with Gasteiger partial charge in [-0.05, 0) is 30.7 Å². The molecule has 2 aliphatic heterocycles. The van der Waals surface area contributed by atoms with Gasteiger partial charge in [-0.25, -0.2) is 0 Å². The molecule has 1 N–H and O–H groups in total. The van der Waals surface area contributed by atoms with Crippen molar-refractivity contribution in [3.8, 4) is 0 Å². The number of halogens is 1. The molecular weight excluding hydrogens is 308 g/mol. The molecule has 0 radical (unpaired) electrons. The van der Waals surface area contributed by atoms with Crippen molar-refractivity contribution in [2.75, 3.05) is 13.1 Å². The fraction of sp³-hybridized carbons (Fsp3) is 0.632. The molecule has 2 heterocycles. The van der Waals surface area contributed by atoms with Crippen LogP contribution in [0.3, 0.4) is 0 Å². The van der Waals surface area contributed by atoms with Gasteiger partial charge in [0.15, 0.2) is 0 Å². The number of benzene rings is 1. The van der Waals surface area contributed by atoms with Crippen LogP contribution in [0.5, 0.6) is 0 Å². The van der Waals surface area contributed by atoms with Crippen LogP contribution in [0.25, 0.3) is 0 Å². The van der Waals surface area contributed by atoms with Crippen LogP contribution in [-0.4, -0.2) is 36.0 Å². The van der Waals surface area contributed by atoms with Gasteiger partial charge < -0.3 is 10.2 Å². The second-order valence-electron chi connectivity index (χ2n) is 6.98. The fourth-order valence-corrected chi connectivity index (χ4v) is 3.95. The third kappa shape index (κ3) is 4.07. The maximum Gasteiger partial charge on any atom is 0.230 e. The van der Waals surface area contributed by atoms with E-state index in [-0.39, 0.29) is 18.3 Å². The van der Waals surface area contributed by atoms with E-state index in [0.29, 0.717) is 23.9 Å². The van der Waals surface area contributed by atoms with Crippen LogP contribution >= 0.6 is 12.4 Å². The summed E-state index contributed by atoms with van der Waals surface area (Å²) in [4.78, 5) is 15.4. The number of rotatable bonds is 4. The summed E-state index contributed by atoms with van der Waals surface area (Å²) in [5.74, 6) is 0.709. The summed E-state index contributed by atoms with van der Waals surface area (Å²) in [6, 6.07) is 11.5. The minimum Gasteiger partial charge on any atom is -0.341 e. The second-order valence-corrected chi connectivity index (χ2v) is 6.98. The Labute approximate surface area is 146 Å². The van der Waals surface area contributed by atoms with E-state index < -0.39 is 0 Å². The Morgan fingerprint density at radius 3 is 2.61 bits per heavy atom. The Hall–Kier alpha value is -1.06. The van der Waals surface area contributed by atoms with Crippen molar-refractivity contribution in [1.82, 2.24) is 10.2 Å². The number of nitrogens with one attached hydrogen (secondary N) is 1. The highest BCUT2D eigenvalue weighted by Crippen LogP contribution is 2.30. The number of hydrogen-bond acceptors (Lipinski definition) is 2. The van der Waals surface area contributed by atoms with Crippen LogP contribution in [0.15, 0.2) is 30.3 Å². The average Bonchev–Trinajstić information content (AvgIpc) is 2.87. The summed E-state index contributed by atoms with van der Waals surface area (Å²) >= 11 is 0. The predicted molar refractivity (Wildman–Crippen MR) is 97.0 cm³/mol. The van der Waals surface area contributed by atoms with Gasteiger partial charge >= 0.3 is 0 Å². The van der Waals surface area contributed by atoms with Gasteiger partial charge in [-0.3, -0.25) is 4.79 Å². The first-order valence-corrected chi connectivity index (χ1v) is 8.78. The molecule has 2 aliphatic rings. The molecule has 1 amide bonds.